The van der Waals surface area contributed by atoms with Gasteiger partial charge in [-0.3, -0.25) is 4.90 Å². The SMILES string of the molecule is CC(C)(C)OC(=O)N1CCC(CCC2CN(c3ccc(S(C)(=O)=O)cc3)C(=O)O2)CC1. The molecule has 1 atom stereocenters. The molecule has 1 aromatic carbocycles. The van der Waals surface area contributed by atoms with Crippen molar-refractivity contribution in [1.29, 1.82) is 0 Å². The van der Waals surface area contributed by atoms with Crippen LogP contribution in [0.2, 0.25) is 0 Å². The van der Waals surface area contributed by atoms with E-state index in [-0.39, 0.29) is 17.1 Å². The van der Waals surface area contributed by atoms with Crippen LogP contribution in [-0.2, 0) is 19.3 Å². The van der Waals surface area contributed by atoms with Gasteiger partial charge in [0.2, 0.25) is 0 Å². The van der Waals surface area contributed by atoms with Gasteiger partial charge in [-0.25, -0.2) is 18.0 Å². The molecule has 2 aliphatic rings. The Labute approximate surface area is 184 Å². The first-order valence-corrected chi connectivity index (χ1v) is 12.6. The molecule has 0 radical (unpaired) electrons. The molecule has 0 saturated carbocycles. The van der Waals surface area contributed by atoms with Crippen LogP contribution in [0.5, 0.6) is 0 Å². The summed E-state index contributed by atoms with van der Waals surface area (Å²) in [6.45, 7) is 7.41. The molecule has 2 fully saturated rings. The molecule has 0 bridgehead atoms. The maximum absolute atomic E-state index is 12.3. The van der Waals surface area contributed by atoms with Crippen molar-refractivity contribution >= 4 is 27.7 Å². The Kier molecular flexibility index (Phi) is 6.83. The summed E-state index contributed by atoms with van der Waals surface area (Å²) >= 11 is 0. The molecular formula is C22H32N2O6S. The molecule has 1 aromatic rings. The second-order valence-electron chi connectivity index (χ2n) is 9.37. The molecule has 0 spiro atoms. The summed E-state index contributed by atoms with van der Waals surface area (Å²) in [5.41, 5.74) is 0.141. The number of nitrogens with zero attached hydrogens (tertiary/aromatic N) is 2. The third-order valence-electron chi connectivity index (χ3n) is 5.61. The fraction of sp³-hybridized carbons (Fsp3) is 0.636. The van der Waals surface area contributed by atoms with Gasteiger partial charge in [-0.05, 0) is 76.6 Å². The summed E-state index contributed by atoms with van der Waals surface area (Å²) in [4.78, 5) is 28.0. The average Bonchev–Trinajstić information content (AvgIpc) is 3.05. The van der Waals surface area contributed by atoms with Crippen LogP contribution >= 0.6 is 0 Å². The summed E-state index contributed by atoms with van der Waals surface area (Å²) in [7, 11) is -3.27. The first-order chi connectivity index (χ1) is 14.4. The number of carbonyl (C=O) groups excluding carboxylic acids is 2. The standard InChI is InChI=1S/C22H32N2O6S/c1-22(2,3)30-20(25)23-13-11-16(12-14-23)5-8-18-15-24(21(26)29-18)17-6-9-19(10-7-17)31(4,27)28/h6-7,9-10,16,18H,5,8,11-15H2,1-4H3. The summed E-state index contributed by atoms with van der Waals surface area (Å²) in [5, 5.41) is 0. The van der Waals surface area contributed by atoms with Gasteiger partial charge in [-0.1, -0.05) is 0 Å². The third-order valence-corrected chi connectivity index (χ3v) is 6.74. The summed E-state index contributed by atoms with van der Waals surface area (Å²) < 4.78 is 34.2. The predicted molar refractivity (Wildman–Crippen MR) is 117 cm³/mol. The highest BCUT2D eigenvalue weighted by molar-refractivity contribution is 7.90. The number of rotatable bonds is 5. The lowest BCUT2D eigenvalue weighted by molar-refractivity contribution is 0.0175. The van der Waals surface area contributed by atoms with Gasteiger partial charge in [0.25, 0.3) is 0 Å². The van der Waals surface area contributed by atoms with Crippen LogP contribution in [0.25, 0.3) is 0 Å². The number of piperidine rings is 1. The van der Waals surface area contributed by atoms with Gasteiger partial charge < -0.3 is 14.4 Å². The Morgan fingerprint density at radius 1 is 1.13 bits per heavy atom. The van der Waals surface area contributed by atoms with Crippen molar-refractivity contribution in [3.63, 3.8) is 0 Å². The fourth-order valence-electron chi connectivity index (χ4n) is 3.91. The molecule has 2 heterocycles. The number of carbonyl (C=O) groups is 2. The zero-order valence-electron chi connectivity index (χ0n) is 18.7. The third kappa shape index (κ3) is 6.35. The van der Waals surface area contributed by atoms with E-state index in [0.717, 1.165) is 31.9 Å². The Balaban J connectivity index is 1.45. The van der Waals surface area contributed by atoms with Gasteiger partial charge in [0, 0.05) is 25.0 Å². The maximum Gasteiger partial charge on any atom is 0.414 e. The number of cyclic esters (lactones) is 1. The van der Waals surface area contributed by atoms with Crippen LogP contribution in [0.1, 0.15) is 46.5 Å². The lowest BCUT2D eigenvalue weighted by atomic mass is 9.91. The number of sulfone groups is 1. The Hall–Kier alpha value is -2.29. The Morgan fingerprint density at radius 2 is 1.74 bits per heavy atom. The number of hydrogen-bond acceptors (Lipinski definition) is 6. The maximum atomic E-state index is 12.3. The lowest BCUT2D eigenvalue weighted by Crippen LogP contribution is -2.41. The lowest BCUT2D eigenvalue weighted by Gasteiger charge is -2.33. The topological polar surface area (TPSA) is 93.2 Å². The number of benzene rings is 1. The molecular weight excluding hydrogens is 420 g/mol. The molecule has 172 valence electrons. The molecule has 0 N–H and O–H groups in total. The van der Waals surface area contributed by atoms with E-state index in [1.165, 1.54) is 12.1 Å². The average molecular weight is 453 g/mol. The van der Waals surface area contributed by atoms with Crippen molar-refractivity contribution in [3.05, 3.63) is 24.3 Å². The van der Waals surface area contributed by atoms with Crippen molar-refractivity contribution in [2.24, 2.45) is 5.92 Å². The van der Waals surface area contributed by atoms with Crippen LogP contribution in [0.15, 0.2) is 29.2 Å². The molecule has 2 aliphatic heterocycles. The number of ether oxygens (including phenoxy) is 2. The van der Waals surface area contributed by atoms with Crippen molar-refractivity contribution in [2.75, 3.05) is 30.8 Å². The van der Waals surface area contributed by atoms with Crippen LogP contribution < -0.4 is 4.90 Å². The van der Waals surface area contributed by atoms with Crippen LogP contribution in [0.3, 0.4) is 0 Å². The van der Waals surface area contributed by atoms with E-state index in [1.807, 2.05) is 20.8 Å². The number of amides is 2. The minimum Gasteiger partial charge on any atom is -0.444 e. The van der Waals surface area contributed by atoms with Crippen LogP contribution in [-0.4, -0.2) is 63.1 Å². The summed E-state index contributed by atoms with van der Waals surface area (Å²) in [6, 6.07) is 6.27. The van der Waals surface area contributed by atoms with Gasteiger partial charge in [0.05, 0.1) is 11.4 Å². The van der Waals surface area contributed by atoms with E-state index in [1.54, 1.807) is 21.9 Å². The second kappa shape index (κ2) is 9.06. The van der Waals surface area contributed by atoms with Gasteiger partial charge in [0.1, 0.15) is 11.7 Å². The van der Waals surface area contributed by atoms with E-state index >= 15 is 0 Å². The molecule has 3 rings (SSSR count). The van der Waals surface area contributed by atoms with E-state index in [2.05, 4.69) is 0 Å². The first-order valence-electron chi connectivity index (χ1n) is 10.7. The number of hydrogen-bond donors (Lipinski definition) is 0. The van der Waals surface area contributed by atoms with E-state index in [9.17, 15) is 18.0 Å². The molecule has 0 aromatic heterocycles. The molecule has 31 heavy (non-hydrogen) atoms. The van der Waals surface area contributed by atoms with E-state index in [4.69, 9.17) is 9.47 Å². The molecule has 2 amide bonds. The van der Waals surface area contributed by atoms with Gasteiger partial charge in [0.15, 0.2) is 9.84 Å². The minimum absolute atomic E-state index is 0.189. The van der Waals surface area contributed by atoms with E-state index in [0.29, 0.717) is 31.2 Å². The fourth-order valence-corrected chi connectivity index (χ4v) is 4.54. The predicted octanol–water partition coefficient (Wildman–Crippen LogP) is 3.84. The summed E-state index contributed by atoms with van der Waals surface area (Å²) in [6.07, 6.45) is 3.82. The molecule has 0 aliphatic carbocycles. The zero-order chi connectivity index (χ0) is 22.8. The Morgan fingerprint density at radius 3 is 2.29 bits per heavy atom. The van der Waals surface area contributed by atoms with Gasteiger partial charge in [-0.15, -0.1) is 0 Å². The van der Waals surface area contributed by atoms with E-state index < -0.39 is 21.5 Å². The Bertz CT molecular complexity index is 899. The highest BCUT2D eigenvalue weighted by Crippen LogP contribution is 2.28. The van der Waals surface area contributed by atoms with Crippen molar-refractivity contribution in [1.82, 2.24) is 4.90 Å². The highest BCUT2D eigenvalue weighted by atomic mass is 32.2. The number of likely N-dealkylation sites (tertiary alicyclic amines) is 1. The van der Waals surface area contributed by atoms with Crippen molar-refractivity contribution < 1.29 is 27.5 Å². The normalized spacial score (nSPS) is 20.6. The molecule has 8 nitrogen and oxygen atoms in total. The quantitative estimate of drug-likeness (QED) is 0.674. The van der Waals surface area contributed by atoms with Gasteiger partial charge >= 0.3 is 12.2 Å². The molecule has 9 heteroatoms. The van der Waals surface area contributed by atoms with Crippen LogP contribution in [0, 0.1) is 5.92 Å². The first kappa shape index (κ1) is 23.4. The van der Waals surface area contributed by atoms with Crippen LogP contribution in [0.4, 0.5) is 15.3 Å². The van der Waals surface area contributed by atoms with Crippen molar-refractivity contribution in [2.45, 2.75) is 63.1 Å². The zero-order valence-corrected chi connectivity index (χ0v) is 19.5. The number of anilines is 1. The minimum atomic E-state index is -3.27. The monoisotopic (exact) mass is 452 g/mol. The molecule has 2 saturated heterocycles. The second-order valence-corrected chi connectivity index (χ2v) is 11.4. The molecule has 1 unspecified atom stereocenters. The smallest absolute Gasteiger partial charge is 0.414 e. The van der Waals surface area contributed by atoms with Gasteiger partial charge in [-0.2, -0.15) is 0 Å². The highest BCUT2D eigenvalue weighted by Gasteiger charge is 2.33. The largest absolute Gasteiger partial charge is 0.444 e. The summed E-state index contributed by atoms with van der Waals surface area (Å²) in [5.74, 6) is 0.487. The van der Waals surface area contributed by atoms with Crippen molar-refractivity contribution in [3.8, 4) is 0 Å².